The van der Waals surface area contributed by atoms with Gasteiger partial charge in [-0.2, -0.15) is 0 Å². The summed E-state index contributed by atoms with van der Waals surface area (Å²) in [5, 5.41) is 2.69. The molecule has 1 unspecified atom stereocenters. The number of nitrogens with one attached hydrogen (secondary N) is 1. The minimum atomic E-state index is -1.15. The Labute approximate surface area is 191 Å². The van der Waals surface area contributed by atoms with Gasteiger partial charge in [-0.25, -0.2) is 8.93 Å². The zero-order valence-corrected chi connectivity index (χ0v) is 20.9. The average molecular weight is 452 g/mol. The molecule has 0 aliphatic carbocycles. The summed E-state index contributed by atoms with van der Waals surface area (Å²) in [4.78, 5) is 0. The maximum absolute atomic E-state index is 13.1. The van der Waals surface area contributed by atoms with Crippen molar-refractivity contribution in [3.05, 3.63) is 96.1 Å². The molecular weight excluding hydrogens is 417 g/mol. The summed E-state index contributed by atoms with van der Waals surface area (Å²) in [5.74, 6) is 0.495. The molecule has 0 aromatic heterocycles. The van der Waals surface area contributed by atoms with Crippen LogP contribution in [-0.2, 0) is 11.0 Å². The van der Waals surface area contributed by atoms with E-state index >= 15 is 0 Å². The van der Waals surface area contributed by atoms with Gasteiger partial charge in [0.2, 0.25) is 0 Å². The molecule has 3 aromatic rings. The third kappa shape index (κ3) is 6.59. The van der Waals surface area contributed by atoms with Gasteiger partial charge in [0, 0.05) is 6.04 Å². The Bertz CT molecular complexity index is 926. The Morgan fingerprint density at radius 2 is 1.23 bits per heavy atom. The molecule has 0 amide bonds. The van der Waals surface area contributed by atoms with Crippen LogP contribution in [0.4, 0.5) is 0 Å². The highest BCUT2D eigenvalue weighted by Crippen LogP contribution is 2.38. The van der Waals surface area contributed by atoms with Crippen LogP contribution in [0.15, 0.2) is 84.9 Å². The summed E-state index contributed by atoms with van der Waals surface area (Å²) < 4.78 is 16.2. The van der Waals surface area contributed by atoms with Gasteiger partial charge in [0.1, 0.15) is 0 Å². The lowest BCUT2D eigenvalue weighted by molar-refractivity contribution is 0.617. The lowest BCUT2D eigenvalue weighted by atomic mass is 10.00. The molecule has 164 valence electrons. The number of rotatable bonds is 8. The van der Waals surface area contributed by atoms with Crippen molar-refractivity contribution in [2.45, 2.75) is 51.3 Å². The van der Waals surface area contributed by atoms with Gasteiger partial charge in [0.05, 0.1) is 15.7 Å². The fourth-order valence-corrected chi connectivity index (χ4v) is 6.79. The summed E-state index contributed by atoms with van der Waals surface area (Å²) in [7, 11) is -1.75. The molecule has 0 fully saturated rings. The molecule has 0 heterocycles. The maximum Gasteiger partial charge on any atom is 0.0976 e. The first-order valence-corrected chi connectivity index (χ1v) is 13.6. The molecule has 3 aromatic carbocycles. The Kier molecular flexibility index (Phi) is 8.22. The largest absolute Gasteiger partial charge is 0.242 e. The Balaban J connectivity index is 1.99. The highest BCUT2D eigenvalue weighted by atomic mass is 32.2. The van der Waals surface area contributed by atoms with E-state index in [0.717, 1.165) is 6.16 Å². The second-order valence-electron chi connectivity index (χ2n) is 9.15. The second kappa shape index (κ2) is 10.7. The van der Waals surface area contributed by atoms with Crippen molar-refractivity contribution < 1.29 is 4.21 Å². The number of benzene rings is 3. The zero-order valence-electron chi connectivity index (χ0n) is 19.2. The molecule has 2 atom stereocenters. The van der Waals surface area contributed by atoms with Gasteiger partial charge in [-0.1, -0.05) is 98.8 Å². The van der Waals surface area contributed by atoms with Gasteiger partial charge >= 0.3 is 0 Å². The van der Waals surface area contributed by atoms with Gasteiger partial charge in [-0.3, -0.25) is 0 Å². The first kappa shape index (κ1) is 23.9. The first-order valence-electron chi connectivity index (χ1n) is 10.9. The van der Waals surface area contributed by atoms with Gasteiger partial charge in [0.25, 0.3) is 0 Å². The van der Waals surface area contributed by atoms with Gasteiger partial charge in [-0.05, 0) is 62.5 Å². The lowest BCUT2D eigenvalue weighted by Gasteiger charge is -2.29. The maximum atomic E-state index is 13.1. The minimum absolute atomic E-state index is 0.00722. The van der Waals surface area contributed by atoms with Crippen molar-refractivity contribution in [2.75, 3.05) is 6.16 Å². The monoisotopic (exact) mass is 451 g/mol. The molecule has 0 aliphatic heterocycles. The van der Waals surface area contributed by atoms with Gasteiger partial charge in [-0.15, -0.1) is 0 Å². The highest BCUT2D eigenvalue weighted by molar-refractivity contribution is 7.84. The Morgan fingerprint density at radius 1 is 0.774 bits per heavy atom. The van der Waals surface area contributed by atoms with Crippen LogP contribution in [0.25, 0.3) is 0 Å². The van der Waals surface area contributed by atoms with E-state index < -0.39 is 18.9 Å². The van der Waals surface area contributed by atoms with Gasteiger partial charge in [0.15, 0.2) is 0 Å². The van der Waals surface area contributed by atoms with Crippen molar-refractivity contribution in [3.8, 4) is 0 Å². The van der Waals surface area contributed by atoms with Crippen molar-refractivity contribution in [1.82, 2.24) is 4.72 Å². The molecule has 0 aliphatic rings. The van der Waals surface area contributed by atoms with E-state index in [2.05, 4.69) is 103 Å². The minimum Gasteiger partial charge on any atom is -0.242 e. The van der Waals surface area contributed by atoms with Crippen LogP contribution >= 0.6 is 7.92 Å². The van der Waals surface area contributed by atoms with E-state index in [0.29, 0.717) is 5.92 Å². The Morgan fingerprint density at radius 3 is 1.65 bits per heavy atom. The molecule has 0 saturated carbocycles. The molecule has 0 bridgehead atoms. The Hall–Kier alpha value is -1.80. The van der Waals surface area contributed by atoms with Crippen LogP contribution in [0.5, 0.6) is 0 Å². The topological polar surface area (TPSA) is 29.1 Å². The summed E-state index contributed by atoms with van der Waals surface area (Å²) >= 11 is 0. The van der Waals surface area contributed by atoms with Crippen molar-refractivity contribution in [2.24, 2.45) is 0 Å². The molecule has 31 heavy (non-hydrogen) atoms. The average Bonchev–Trinajstić information content (AvgIpc) is 2.77. The third-order valence-electron chi connectivity index (χ3n) is 5.31. The summed E-state index contributed by atoms with van der Waals surface area (Å²) in [6, 6.07) is 30.3. The SMILES string of the molecule is CC(C)c1ccc([C@@H](CP(c2ccccc2)c2ccccc2)NS(=O)C(C)(C)C)cc1. The smallest absolute Gasteiger partial charge is 0.0976 e. The van der Waals surface area contributed by atoms with E-state index in [4.69, 9.17) is 0 Å². The van der Waals surface area contributed by atoms with E-state index in [-0.39, 0.29) is 10.8 Å². The van der Waals surface area contributed by atoms with E-state index in [9.17, 15) is 4.21 Å². The molecule has 0 spiro atoms. The molecule has 3 rings (SSSR count). The van der Waals surface area contributed by atoms with Crippen LogP contribution in [-0.4, -0.2) is 15.1 Å². The van der Waals surface area contributed by atoms with Crippen LogP contribution in [0, 0.1) is 0 Å². The van der Waals surface area contributed by atoms with Crippen LogP contribution < -0.4 is 15.3 Å². The van der Waals surface area contributed by atoms with E-state index in [1.807, 2.05) is 20.8 Å². The van der Waals surface area contributed by atoms with E-state index in [1.54, 1.807) is 0 Å². The quantitative estimate of drug-likeness (QED) is 0.416. The fourth-order valence-electron chi connectivity index (χ4n) is 3.39. The van der Waals surface area contributed by atoms with Crippen LogP contribution in [0.1, 0.15) is 57.7 Å². The van der Waals surface area contributed by atoms with Crippen molar-refractivity contribution >= 4 is 29.5 Å². The van der Waals surface area contributed by atoms with Crippen LogP contribution in [0.2, 0.25) is 0 Å². The predicted octanol–water partition coefficient (Wildman–Crippen LogP) is 6.04. The summed E-state index contributed by atoms with van der Waals surface area (Å²) in [6.45, 7) is 10.5. The first-order chi connectivity index (χ1) is 14.8. The predicted molar refractivity (Wildman–Crippen MR) is 138 cm³/mol. The normalized spacial score (nSPS) is 14.0. The standard InChI is InChI=1S/C27H34NOPS/c1-21(2)22-16-18-23(19-17-22)26(28-31(29)27(3,4)5)20-30(24-12-8-6-9-13-24)25-14-10-7-11-15-25/h6-19,21,26,28H,20H2,1-5H3/t26-,31?/m1/s1. The molecule has 1 N–H and O–H groups in total. The second-order valence-corrected chi connectivity index (χ2v) is 13.4. The fraction of sp³-hybridized carbons (Fsp3) is 0.333. The van der Waals surface area contributed by atoms with Crippen molar-refractivity contribution in [1.29, 1.82) is 0 Å². The highest BCUT2D eigenvalue weighted by Gasteiger charge is 2.27. The lowest BCUT2D eigenvalue weighted by Crippen LogP contribution is -2.37. The summed E-state index contributed by atoms with van der Waals surface area (Å²) in [6.07, 6.45) is 0.895. The van der Waals surface area contributed by atoms with Crippen LogP contribution in [0.3, 0.4) is 0 Å². The zero-order chi connectivity index (χ0) is 22.4. The summed E-state index contributed by atoms with van der Waals surface area (Å²) in [5.41, 5.74) is 2.52. The third-order valence-corrected chi connectivity index (χ3v) is 9.50. The molecule has 0 saturated heterocycles. The molecule has 0 radical (unpaired) electrons. The molecule has 2 nitrogen and oxygen atoms in total. The molecule has 4 heteroatoms. The van der Waals surface area contributed by atoms with E-state index in [1.165, 1.54) is 21.7 Å². The van der Waals surface area contributed by atoms with Gasteiger partial charge < -0.3 is 0 Å². The molecular formula is C27H34NOPS. The number of hydrogen-bond donors (Lipinski definition) is 1. The van der Waals surface area contributed by atoms with Crippen molar-refractivity contribution in [3.63, 3.8) is 0 Å². The number of hydrogen-bond acceptors (Lipinski definition) is 1.